The lowest BCUT2D eigenvalue weighted by Crippen LogP contribution is -2.61. The summed E-state index contributed by atoms with van der Waals surface area (Å²) in [7, 11) is 1.73. The van der Waals surface area contributed by atoms with Crippen LogP contribution < -0.4 is 10.1 Å². The van der Waals surface area contributed by atoms with Crippen LogP contribution in [0.25, 0.3) is 0 Å². The van der Waals surface area contributed by atoms with E-state index in [1.54, 1.807) is 7.11 Å². The fraction of sp³-hybridized carbons (Fsp3) is 0.594. The first kappa shape index (κ1) is 24.8. The van der Waals surface area contributed by atoms with E-state index in [-0.39, 0.29) is 11.6 Å². The first-order valence-electron chi connectivity index (χ1n) is 14.5. The second-order valence-corrected chi connectivity index (χ2v) is 12.5. The first-order valence-corrected chi connectivity index (χ1v) is 14.5. The Hall–Kier alpha value is -2.53. The van der Waals surface area contributed by atoms with Gasteiger partial charge in [0.15, 0.2) is 0 Å². The van der Waals surface area contributed by atoms with Crippen molar-refractivity contribution in [1.82, 2.24) is 10.2 Å². The Morgan fingerprint density at radius 2 is 1.73 bits per heavy atom. The van der Waals surface area contributed by atoms with Gasteiger partial charge in [0.25, 0.3) is 0 Å². The second-order valence-electron chi connectivity index (χ2n) is 12.5. The predicted molar refractivity (Wildman–Crippen MR) is 146 cm³/mol. The van der Waals surface area contributed by atoms with Crippen LogP contribution in [0.5, 0.6) is 5.75 Å². The summed E-state index contributed by atoms with van der Waals surface area (Å²) >= 11 is 0. The van der Waals surface area contributed by atoms with E-state index in [0.29, 0.717) is 12.6 Å². The molecule has 198 valence electrons. The van der Waals surface area contributed by atoms with Crippen molar-refractivity contribution in [2.24, 2.45) is 17.8 Å². The van der Waals surface area contributed by atoms with Gasteiger partial charge in [-0.15, -0.1) is 0 Å². The monoisotopic (exact) mass is 502 g/mol. The summed E-state index contributed by atoms with van der Waals surface area (Å²) in [6.45, 7) is 2.74. The zero-order valence-electron chi connectivity index (χ0n) is 22.4. The van der Waals surface area contributed by atoms with Crippen LogP contribution in [0.15, 0.2) is 42.5 Å². The number of methoxy groups -OCH3 is 1. The Morgan fingerprint density at radius 3 is 2.32 bits per heavy atom. The highest BCUT2D eigenvalue weighted by Gasteiger charge is 2.54. The van der Waals surface area contributed by atoms with Crippen molar-refractivity contribution in [2.45, 2.75) is 95.3 Å². The van der Waals surface area contributed by atoms with E-state index in [9.17, 15) is 9.90 Å². The molecule has 1 aliphatic heterocycles. The Labute approximate surface area is 221 Å². The van der Waals surface area contributed by atoms with Crippen LogP contribution in [0.4, 0.5) is 4.79 Å². The van der Waals surface area contributed by atoms with Gasteiger partial charge in [-0.25, -0.2) is 4.79 Å². The molecule has 4 bridgehead atoms. The third kappa shape index (κ3) is 4.76. The molecule has 2 aromatic carbocycles. The lowest BCUT2D eigenvalue weighted by molar-refractivity contribution is -0.0803. The summed E-state index contributed by atoms with van der Waals surface area (Å²) in [5.74, 6) is 3.11. The normalized spacial score (nSPS) is 31.7. The summed E-state index contributed by atoms with van der Waals surface area (Å²) in [5, 5.41) is 14.2. The highest BCUT2D eigenvalue weighted by atomic mass is 16.5. The van der Waals surface area contributed by atoms with Crippen molar-refractivity contribution in [1.29, 1.82) is 0 Å². The number of carbonyl (C=O) groups is 1. The molecule has 0 spiro atoms. The SMILES string of the molecule is CCCC[C@H]1Cc2cc(OC)ccc2[C@H](c2ccc(CN(C(=O)O)C34CC5CC(CC(C5)C3)C4)cc2)N1. The standard InChI is InChI=1S/C32H42N2O3/c1-3-4-5-27-15-26-16-28(37-2)10-11-29(26)30(33-27)25-8-6-21(7-9-25)20-34(31(35)36)32-17-22-12-23(18-32)14-24(13-22)19-32/h6-11,16,22-24,27,30,33H,3-5,12-15,17-20H2,1-2H3,(H,35,36)/t22?,23?,24?,27-,30-,32?/m0/s1. The van der Waals surface area contributed by atoms with Gasteiger partial charge in [0.2, 0.25) is 0 Å². The maximum atomic E-state index is 12.6. The number of ether oxygens (including phenoxy) is 1. The number of hydrogen-bond donors (Lipinski definition) is 2. The minimum atomic E-state index is -0.749. The highest BCUT2D eigenvalue weighted by Crippen LogP contribution is 2.58. The molecule has 7 rings (SSSR count). The Kier molecular flexibility index (Phi) is 6.68. The van der Waals surface area contributed by atoms with Crippen molar-refractivity contribution in [2.75, 3.05) is 7.11 Å². The molecule has 4 fully saturated rings. The van der Waals surface area contributed by atoms with Crippen molar-refractivity contribution in [3.8, 4) is 5.75 Å². The van der Waals surface area contributed by atoms with Gasteiger partial charge in [-0.05, 0) is 104 Å². The quantitative estimate of drug-likeness (QED) is 0.411. The molecule has 1 heterocycles. The van der Waals surface area contributed by atoms with Gasteiger partial charge < -0.3 is 15.2 Å². The zero-order chi connectivity index (χ0) is 25.6. The third-order valence-electron chi connectivity index (χ3n) is 9.90. The van der Waals surface area contributed by atoms with E-state index in [4.69, 9.17) is 4.74 Å². The zero-order valence-corrected chi connectivity index (χ0v) is 22.4. The van der Waals surface area contributed by atoms with Crippen molar-refractivity contribution in [3.63, 3.8) is 0 Å². The molecule has 5 nitrogen and oxygen atoms in total. The molecular weight excluding hydrogens is 460 g/mol. The topological polar surface area (TPSA) is 61.8 Å². The van der Waals surface area contributed by atoms with E-state index in [1.165, 1.54) is 55.2 Å². The van der Waals surface area contributed by atoms with E-state index in [1.807, 2.05) is 4.90 Å². The third-order valence-corrected chi connectivity index (χ3v) is 9.90. The van der Waals surface area contributed by atoms with Crippen LogP contribution in [0.3, 0.4) is 0 Å². The number of rotatable bonds is 8. The molecule has 1 amide bonds. The number of benzene rings is 2. The fourth-order valence-corrected chi connectivity index (χ4v) is 8.56. The van der Waals surface area contributed by atoms with Gasteiger partial charge in [0.1, 0.15) is 5.75 Å². The molecular formula is C32H42N2O3. The highest BCUT2D eigenvalue weighted by molar-refractivity contribution is 5.66. The van der Waals surface area contributed by atoms with Crippen LogP contribution in [0.1, 0.15) is 93.0 Å². The summed E-state index contributed by atoms with van der Waals surface area (Å²) in [6, 6.07) is 15.8. The molecule has 0 saturated heterocycles. The lowest BCUT2D eigenvalue weighted by atomic mass is 9.52. The molecule has 2 aromatic rings. The van der Waals surface area contributed by atoms with Crippen molar-refractivity contribution < 1.29 is 14.6 Å². The van der Waals surface area contributed by atoms with Gasteiger partial charge in [0.05, 0.1) is 13.2 Å². The number of unbranched alkanes of at least 4 members (excludes halogenated alkanes) is 1. The molecule has 4 saturated carbocycles. The molecule has 5 heteroatoms. The summed E-state index contributed by atoms with van der Waals surface area (Å²) in [4.78, 5) is 14.4. The number of amides is 1. The number of hydrogen-bond acceptors (Lipinski definition) is 3. The number of carboxylic acid groups (broad SMARTS) is 1. The average molecular weight is 503 g/mol. The molecule has 2 N–H and O–H groups in total. The van der Waals surface area contributed by atoms with E-state index in [0.717, 1.165) is 54.7 Å². The molecule has 0 unspecified atom stereocenters. The minimum absolute atomic E-state index is 0.143. The number of nitrogens with one attached hydrogen (secondary N) is 1. The molecule has 0 radical (unpaired) electrons. The molecule has 5 aliphatic rings. The Balaban J connectivity index is 1.23. The van der Waals surface area contributed by atoms with Crippen LogP contribution in [0, 0.1) is 17.8 Å². The van der Waals surface area contributed by atoms with Crippen molar-refractivity contribution in [3.05, 3.63) is 64.7 Å². The van der Waals surface area contributed by atoms with Crippen molar-refractivity contribution >= 4 is 6.09 Å². The number of nitrogens with zero attached hydrogens (tertiary/aromatic N) is 1. The Bertz CT molecular complexity index is 1090. The predicted octanol–water partition coefficient (Wildman–Crippen LogP) is 6.94. The van der Waals surface area contributed by atoms with Crippen LogP contribution in [-0.4, -0.2) is 34.8 Å². The van der Waals surface area contributed by atoms with E-state index < -0.39 is 6.09 Å². The summed E-state index contributed by atoms with van der Waals surface area (Å²) in [5.41, 5.74) is 4.88. The molecule has 0 aromatic heterocycles. The first-order chi connectivity index (χ1) is 18.0. The smallest absolute Gasteiger partial charge is 0.408 e. The maximum absolute atomic E-state index is 12.6. The van der Waals surface area contributed by atoms with Crippen LogP contribution >= 0.6 is 0 Å². The van der Waals surface area contributed by atoms with Gasteiger partial charge in [-0.1, -0.05) is 50.1 Å². The number of fused-ring (bicyclic) bond motifs is 1. The Morgan fingerprint density at radius 1 is 1.05 bits per heavy atom. The van der Waals surface area contributed by atoms with E-state index in [2.05, 4.69) is 54.7 Å². The van der Waals surface area contributed by atoms with Gasteiger partial charge in [0, 0.05) is 18.1 Å². The molecule has 4 aliphatic carbocycles. The molecule has 37 heavy (non-hydrogen) atoms. The van der Waals surface area contributed by atoms with Gasteiger partial charge >= 0.3 is 6.09 Å². The van der Waals surface area contributed by atoms with Crippen LogP contribution in [-0.2, 0) is 13.0 Å². The summed E-state index contributed by atoms with van der Waals surface area (Å²) in [6.07, 6.45) is 11.0. The lowest BCUT2D eigenvalue weighted by Gasteiger charge is -2.59. The van der Waals surface area contributed by atoms with Crippen LogP contribution in [0.2, 0.25) is 0 Å². The molecule has 2 atom stereocenters. The minimum Gasteiger partial charge on any atom is -0.497 e. The maximum Gasteiger partial charge on any atom is 0.408 e. The second kappa shape index (κ2) is 9.98. The van der Waals surface area contributed by atoms with Gasteiger partial charge in [-0.2, -0.15) is 0 Å². The fourth-order valence-electron chi connectivity index (χ4n) is 8.56. The van der Waals surface area contributed by atoms with E-state index >= 15 is 0 Å². The largest absolute Gasteiger partial charge is 0.497 e. The van der Waals surface area contributed by atoms with Gasteiger partial charge in [-0.3, -0.25) is 4.90 Å². The average Bonchev–Trinajstić information content (AvgIpc) is 2.89. The summed E-state index contributed by atoms with van der Waals surface area (Å²) < 4.78 is 5.52.